The first-order valence-electron chi connectivity index (χ1n) is 8.10. The van der Waals surface area contributed by atoms with Crippen LogP contribution >= 0.6 is 0 Å². The van der Waals surface area contributed by atoms with Gasteiger partial charge in [0.2, 0.25) is 5.95 Å². The Morgan fingerprint density at radius 2 is 2.04 bits per heavy atom. The molecule has 0 aliphatic rings. The second-order valence-electron chi connectivity index (χ2n) is 6.78. The fourth-order valence-electron chi connectivity index (χ4n) is 2.58. The molecule has 25 heavy (non-hydrogen) atoms. The zero-order chi connectivity index (χ0) is 18.2. The Morgan fingerprint density at radius 3 is 2.68 bits per heavy atom. The van der Waals surface area contributed by atoms with E-state index in [1.165, 1.54) is 5.56 Å². The molecule has 3 N–H and O–H groups in total. The molecule has 0 aliphatic heterocycles. The van der Waals surface area contributed by atoms with E-state index < -0.39 is 5.60 Å². The second-order valence-corrected chi connectivity index (χ2v) is 6.78. The van der Waals surface area contributed by atoms with Gasteiger partial charge in [0, 0.05) is 24.0 Å². The number of pyridine rings is 1. The maximum Gasteiger partial charge on any atom is 0.221 e. The monoisotopic (exact) mass is 335 g/mol. The molecular weight excluding hydrogens is 314 g/mol. The number of hydrogen-bond acceptors (Lipinski definition) is 5. The smallest absolute Gasteiger partial charge is 0.221 e. The average molecular weight is 335 g/mol. The third-order valence-electron chi connectivity index (χ3n) is 3.75. The predicted octanol–water partition coefficient (Wildman–Crippen LogP) is 2.64. The molecule has 0 aliphatic carbocycles. The standard InChI is InChI=1S/C19H21N5O/c1-12(2)15-11-24(17-6-8-21-18(20)23-17)16-9-13(22-10-14(15)16)5-7-19(3,4)25/h6,8-12,25H,1-4H3,(H2,20,21,23). The van der Waals surface area contributed by atoms with Gasteiger partial charge in [0.1, 0.15) is 17.1 Å². The minimum absolute atomic E-state index is 0.224. The van der Waals surface area contributed by atoms with Crippen LogP contribution in [0.2, 0.25) is 0 Å². The molecule has 3 rings (SSSR count). The highest BCUT2D eigenvalue weighted by Crippen LogP contribution is 2.29. The highest BCUT2D eigenvalue weighted by atomic mass is 16.3. The van der Waals surface area contributed by atoms with Crippen molar-refractivity contribution < 1.29 is 5.11 Å². The molecule has 0 atom stereocenters. The van der Waals surface area contributed by atoms with E-state index in [0.29, 0.717) is 17.4 Å². The lowest BCUT2D eigenvalue weighted by atomic mass is 10.0. The third kappa shape index (κ3) is 3.62. The van der Waals surface area contributed by atoms with E-state index in [9.17, 15) is 5.11 Å². The fraction of sp³-hybridized carbons (Fsp3) is 0.316. The topological polar surface area (TPSA) is 89.9 Å². The van der Waals surface area contributed by atoms with Gasteiger partial charge >= 0.3 is 0 Å². The minimum atomic E-state index is -1.07. The third-order valence-corrected chi connectivity index (χ3v) is 3.75. The Kier molecular flexibility index (Phi) is 4.19. The molecule has 3 aromatic heterocycles. The van der Waals surface area contributed by atoms with Gasteiger partial charge in [-0.25, -0.2) is 9.97 Å². The van der Waals surface area contributed by atoms with Crippen molar-refractivity contribution in [3.8, 4) is 17.7 Å². The molecule has 128 valence electrons. The van der Waals surface area contributed by atoms with E-state index in [0.717, 1.165) is 10.9 Å². The number of rotatable bonds is 2. The van der Waals surface area contributed by atoms with Crippen LogP contribution in [-0.4, -0.2) is 30.2 Å². The quantitative estimate of drug-likeness (QED) is 0.703. The summed E-state index contributed by atoms with van der Waals surface area (Å²) in [6, 6.07) is 3.71. The second kappa shape index (κ2) is 6.19. The van der Waals surface area contributed by atoms with Gasteiger partial charge in [-0.05, 0) is 43.4 Å². The molecule has 0 bridgehead atoms. The molecule has 6 nitrogen and oxygen atoms in total. The largest absolute Gasteiger partial charge is 0.378 e. The lowest BCUT2D eigenvalue weighted by Crippen LogP contribution is -2.14. The van der Waals surface area contributed by atoms with Crippen LogP contribution in [0.25, 0.3) is 16.7 Å². The SMILES string of the molecule is CC(C)c1cn(-c2ccnc(N)n2)c2cc(C#CC(C)(C)O)ncc12. The van der Waals surface area contributed by atoms with Crippen molar-refractivity contribution in [1.29, 1.82) is 0 Å². The summed E-state index contributed by atoms with van der Waals surface area (Å²) in [6.45, 7) is 7.55. The molecule has 0 saturated heterocycles. The van der Waals surface area contributed by atoms with Gasteiger partial charge in [-0.2, -0.15) is 4.98 Å². The van der Waals surface area contributed by atoms with Crippen LogP contribution in [0.1, 0.15) is 44.9 Å². The van der Waals surface area contributed by atoms with Crippen LogP contribution < -0.4 is 5.73 Å². The predicted molar refractivity (Wildman–Crippen MR) is 98.3 cm³/mol. The Morgan fingerprint density at radius 1 is 1.28 bits per heavy atom. The van der Waals surface area contributed by atoms with Gasteiger partial charge in [-0.15, -0.1) is 0 Å². The lowest BCUT2D eigenvalue weighted by molar-refractivity contribution is 0.143. The summed E-state index contributed by atoms with van der Waals surface area (Å²) in [6.07, 6.45) is 5.50. The fourth-order valence-corrected chi connectivity index (χ4v) is 2.58. The molecule has 0 saturated carbocycles. The van der Waals surface area contributed by atoms with E-state index in [4.69, 9.17) is 5.73 Å². The number of nitrogens with two attached hydrogens (primary N) is 1. The summed E-state index contributed by atoms with van der Waals surface area (Å²) in [7, 11) is 0. The highest BCUT2D eigenvalue weighted by molar-refractivity contribution is 5.86. The van der Waals surface area contributed by atoms with E-state index in [1.54, 1.807) is 20.0 Å². The lowest BCUT2D eigenvalue weighted by Gasteiger charge is -2.06. The number of hydrogen-bond donors (Lipinski definition) is 2. The van der Waals surface area contributed by atoms with Crippen LogP contribution in [0.4, 0.5) is 5.95 Å². The number of aromatic nitrogens is 4. The van der Waals surface area contributed by atoms with Crippen molar-refractivity contribution in [2.45, 2.75) is 39.2 Å². The number of fused-ring (bicyclic) bond motifs is 1. The van der Waals surface area contributed by atoms with Crippen molar-refractivity contribution >= 4 is 16.9 Å². The first-order chi connectivity index (χ1) is 11.7. The zero-order valence-electron chi connectivity index (χ0n) is 14.8. The number of nitrogens with zero attached hydrogens (tertiary/aromatic N) is 4. The number of nitrogen functional groups attached to an aromatic ring is 1. The molecule has 0 unspecified atom stereocenters. The Balaban J connectivity index is 2.23. The van der Waals surface area contributed by atoms with Crippen LogP contribution in [-0.2, 0) is 0 Å². The van der Waals surface area contributed by atoms with Crippen molar-refractivity contribution in [2.75, 3.05) is 5.73 Å². The summed E-state index contributed by atoms with van der Waals surface area (Å²) < 4.78 is 1.97. The molecule has 0 spiro atoms. The summed E-state index contributed by atoms with van der Waals surface area (Å²) in [4.78, 5) is 12.7. The van der Waals surface area contributed by atoms with Gasteiger partial charge in [-0.1, -0.05) is 19.8 Å². The van der Waals surface area contributed by atoms with E-state index >= 15 is 0 Å². The molecule has 0 aromatic carbocycles. The van der Waals surface area contributed by atoms with Crippen molar-refractivity contribution in [2.24, 2.45) is 0 Å². The Labute approximate surface area is 146 Å². The molecule has 0 fully saturated rings. The van der Waals surface area contributed by atoms with Gasteiger partial charge in [0.05, 0.1) is 5.52 Å². The molecule has 6 heteroatoms. The summed E-state index contributed by atoms with van der Waals surface area (Å²) in [5.41, 5.74) is 7.37. The van der Waals surface area contributed by atoms with Crippen molar-refractivity contribution in [3.63, 3.8) is 0 Å². The Bertz CT molecular complexity index is 986. The first-order valence-corrected chi connectivity index (χ1v) is 8.10. The van der Waals surface area contributed by atoms with Crippen LogP contribution in [0.15, 0.2) is 30.7 Å². The number of aliphatic hydroxyl groups is 1. The van der Waals surface area contributed by atoms with E-state index in [2.05, 4.69) is 40.6 Å². The van der Waals surface area contributed by atoms with Crippen molar-refractivity contribution in [1.82, 2.24) is 19.5 Å². The van der Waals surface area contributed by atoms with Gasteiger partial charge in [-0.3, -0.25) is 0 Å². The van der Waals surface area contributed by atoms with Crippen LogP contribution in [0.5, 0.6) is 0 Å². The van der Waals surface area contributed by atoms with Gasteiger partial charge < -0.3 is 15.4 Å². The molecule has 3 aromatic rings. The Hall–Kier alpha value is -2.91. The van der Waals surface area contributed by atoms with Gasteiger partial charge in [0.25, 0.3) is 0 Å². The first kappa shape index (κ1) is 16.9. The maximum absolute atomic E-state index is 9.79. The summed E-state index contributed by atoms with van der Waals surface area (Å²) >= 11 is 0. The van der Waals surface area contributed by atoms with E-state index in [1.807, 2.05) is 29.1 Å². The van der Waals surface area contributed by atoms with Crippen molar-refractivity contribution in [3.05, 3.63) is 42.0 Å². The molecule has 3 heterocycles. The van der Waals surface area contributed by atoms with E-state index in [-0.39, 0.29) is 5.95 Å². The molecule has 0 amide bonds. The minimum Gasteiger partial charge on any atom is -0.378 e. The molecular formula is C19H21N5O. The summed E-state index contributed by atoms with van der Waals surface area (Å²) in [5.74, 6) is 6.96. The molecule has 0 radical (unpaired) electrons. The summed E-state index contributed by atoms with van der Waals surface area (Å²) in [5, 5.41) is 10.8. The number of anilines is 1. The average Bonchev–Trinajstić information content (AvgIpc) is 2.91. The van der Waals surface area contributed by atoms with Crippen LogP contribution in [0, 0.1) is 11.8 Å². The highest BCUT2D eigenvalue weighted by Gasteiger charge is 2.15. The normalized spacial score (nSPS) is 11.6. The van der Waals surface area contributed by atoms with Crippen LogP contribution in [0.3, 0.4) is 0 Å². The van der Waals surface area contributed by atoms with Gasteiger partial charge in [0.15, 0.2) is 0 Å². The maximum atomic E-state index is 9.79. The zero-order valence-corrected chi connectivity index (χ0v) is 14.8.